The third kappa shape index (κ3) is 4.58. The maximum absolute atomic E-state index is 12.8. The van der Waals surface area contributed by atoms with Gasteiger partial charge in [0.1, 0.15) is 6.04 Å². The number of rotatable bonds is 9. The van der Waals surface area contributed by atoms with Gasteiger partial charge in [-0.1, -0.05) is 31.4 Å². The summed E-state index contributed by atoms with van der Waals surface area (Å²) in [5, 5.41) is 11.0. The maximum Gasteiger partial charge on any atom is 0.303 e. The number of nitrogens with one attached hydrogen (secondary N) is 1. The summed E-state index contributed by atoms with van der Waals surface area (Å²) in [7, 11) is 0. The second-order valence-electron chi connectivity index (χ2n) is 7.50. The summed E-state index contributed by atoms with van der Waals surface area (Å²) in [6.45, 7) is 0.412. The smallest absolute Gasteiger partial charge is 0.303 e. The molecule has 1 aromatic rings. The van der Waals surface area contributed by atoms with E-state index in [0.717, 1.165) is 43.2 Å². The second kappa shape index (κ2) is 8.99. The van der Waals surface area contributed by atoms with Crippen LogP contribution >= 0.6 is 0 Å². The number of carboxylic acid groups (broad SMARTS) is 1. The number of carbonyl (C=O) groups is 4. The van der Waals surface area contributed by atoms with Gasteiger partial charge in [-0.2, -0.15) is 0 Å². The van der Waals surface area contributed by atoms with E-state index in [-0.39, 0.29) is 30.6 Å². The number of unbranched alkanes of at least 4 members (excludes halogenated alkanes) is 4. The summed E-state index contributed by atoms with van der Waals surface area (Å²) < 4.78 is 0. The van der Waals surface area contributed by atoms with Gasteiger partial charge in [0.15, 0.2) is 0 Å². The highest BCUT2D eigenvalue weighted by molar-refractivity contribution is 6.05. The van der Waals surface area contributed by atoms with Crippen molar-refractivity contribution < 1.29 is 24.3 Å². The lowest BCUT2D eigenvalue weighted by atomic mass is 9.98. The predicted molar refractivity (Wildman–Crippen MR) is 102 cm³/mol. The fraction of sp³-hybridized carbons (Fsp3) is 0.524. The molecule has 0 aliphatic carbocycles. The first kappa shape index (κ1) is 20.0. The SMILES string of the molecule is O=C(O)CCCCCCCc1cccc2c1CN(C1CCC(=O)NC1=O)C2=O. The molecule has 1 unspecified atom stereocenters. The monoisotopic (exact) mass is 386 g/mol. The lowest BCUT2D eigenvalue weighted by Gasteiger charge is -2.29. The van der Waals surface area contributed by atoms with Crippen molar-refractivity contribution in [2.45, 2.75) is 70.4 Å². The molecule has 2 N–H and O–H groups in total. The number of imide groups is 1. The van der Waals surface area contributed by atoms with Crippen molar-refractivity contribution in [1.29, 1.82) is 0 Å². The standard InChI is InChI=1S/C21H26N2O5/c24-18-12-11-17(20(27)22-18)23-13-16-14(8-6-9-15(16)21(23)28)7-4-2-1-3-5-10-19(25)26/h6,8-9,17H,1-5,7,10-13H2,(H,25,26)(H,22,24,27). The molecule has 1 fully saturated rings. The van der Waals surface area contributed by atoms with Crippen LogP contribution in [0.1, 0.15) is 72.9 Å². The largest absolute Gasteiger partial charge is 0.481 e. The van der Waals surface area contributed by atoms with Crippen LogP contribution in [0.4, 0.5) is 0 Å². The number of amides is 3. The molecule has 7 nitrogen and oxygen atoms in total. The molecule has 150 valence electrons. The van der Waals surface area contributed by atoms with Crippen LogP contribution in [0.3, 0.4) is 0 Å². The van der Waals surface area contributed by atoms with Gasteiger partial charge in [-0.3, -0.25) is 24.5 Å². The molecule has 28 heavy (non-hydrogen) atoms. The third-order valence-electron chi connectivity index (χ3n) is 5.52. The average molecular weight is 386 g/mol. The average Bonchev–Trinajstić information content (AvgIpc) is 2.98. The molecular formula is C21H26N2O5. The molecule has 0 saturated carbocycles. The molecule has 0 aromatic heterocycles. The van der Waals surface area contributed by atoms with Crippen LogP contribution in [0.25, 0.3) is 0 Å². The Morgan fingerprint density at radius 3 is 2.61 bits per heavy atom. The van der Waals surface area contributed by atoms with Gasteiger partial charge in [-0.25, -0.2) is 0 Å². The Morgan fingerprint density at radius 1 is 1.11 bits per heavy atom. The zero-order chi connectivity index (χ0) is 20.1. The molecular weight excluding hydrogens is 360 g/mol. The van der Waals surface area contributed by atoms with E-state index in [9.17, 15) is 19.2 Å². The highest BCUT2D eigenvalue weighted by Crippen LogP contribution is 2.30. The highest BCUT2D eigenvalue weighted by Gasteiger charge is 2.39. The van der Waals surface area contributed by atoms with Crippen molar-refractivity contribution in [1.82, 2.24) is 10.2 Å². The number of nitrogens with zero attached hydrogens (tertiary/aromatic N) is 1. The molecule has 1 aromatic carbocycles. The molecule has 2 aliphatic heterocycles. The number of hydrogen-bond acceptors (Lipinski definition) is 4. The summed E-state index contributed by atoms with van der Waals surface area (Å²) in [5.74, 6) is -1.56. The molecule has 0 spiro atoms. The Morgan fingerprint density at radius 2 is 1.86 bits per heavy atom. The number of aryl methyl sites for hydroxylation is 1. The third-order valence-corrected chi connectivity index (χ3v) is 5.52. The Kier molecular flexibility index (Phi) is 6.44. The molecule has 7 heteroatoms. The van der Waals surface area contributed by atoms with E-state index in [1.807, 2.05) is 12.1 Å². The van der Waals surface area contributed by atoms with Crippen LogP contribution in [-0.2, 0) is 27.3 Å². The number of fused-ring (bicyclic) bond motifs is 1. The number of aliphatic carboxylic acids is 1. The second-order valence-corrected chi connectivity index (χ2v) is 7.50. The van der Waals surface area contributed by atoms with Crippen LogP contribution in [0.15, 0.2) is 18.2 Å². The minimum atomic E-state index is -0.745. The zero-order valence-electron chi connectivity index (χ0n) is 15.9. The molecule has 0 radical (unpaired) electrons. The molecule has 3 rings (SSSR count). The lowest BCUT2D eigenvalue weighted by Crippen LogP contribution is -2.52. The number of carboxylic acids is 1. The first-order chi connectivity index (χ1) is 13.5. The topological polar surface area (TPSA) is 104 Å². The van der Waals surface area contributed by atoms with Gasteiger partial charge in [-0.05, 0) is 42.9 Å². The molecule has 1 atom stereocenters. The van der Waals surface area contributed by atoms with Gasteiger partial charge < -0.3 is 10.0 Å². The molecule has 1 saturated heterocycles. The zero-order valence-corrected chi connectivity index (χ0v) is 15.9. The Bertz CT molecular complexity index is 789. The van der Waals surface area contributed by atoms with E-state index in [2.05, 4.69) is 5.32 Å². The summed E-state index contributed by atoms with van der Waals surface area (Å²) in [6, 6.07) is 5.13. The minimum Gasteiger partial charge on any atom is -0.481 e. The Hall–Kier alpha value is -2.70. The van der Waals surface area contributed by atoms with Gasteiger partial charge in [0.2, 0.25) is 11.8 Å². The van der Waals surface area contributed by atoms with Gasteiger partial charge in [-0.15, -0.1) is 0 Å². The van der Waals surface area contributed by atoms with Crippen molar-refractivity contribution in [3.63, 3.8) is 0 Å². The maximum atomic E-state index is 12.8. The number of hydrogen-bond donors (Lipinski definition) is 2. The van der Waals surface area contributed by atoms with E-state index in [1.54, 1.807) is 11.0 Å². The van der Waals surface area contributed by atoms with Crippen LogP contribution in [0.2, 0.25) is 0 Å². The van der Waals surface area contributed by atoms with E-state index in [4.69, 9.17) is 5.11 Å². The van der Waals surface area contributed by atoms with E-state index >= 15 is 0 Å². The normalized spacial score (nSPS) is 18.9. The van der Waals surface area contributed by atoms with E-state index in [0.29, 0.717) is 24.9 Å². The number of carbonyl (C=O) groups excluding carboxylic acids is 3. The summed E-state index contributed by atoms with van der Waals surface area (Å²) in [5.41, 5.74) is 2.78. The van der Waals surface area contributed by atoms with Crippen molar-refractivity contribution in [2.24, 2.45) is 0 Å². The first-order valence-electron chi connectivity index (χ1n) is 9.94. The Balaban J connectivity index is 1.56. The molecule has 3 amide bonds. The lowest BCUT2D eigenvalue weighted by molar-refractivity contribution is -0.138. The number of piperidine rings is 1. The first-order valence-corrected chi connectivity index (χ1v) is 9.94. The predicted octanol–water partition coefficient (Wildman–Crippen LogP) is 2.42. The summed E-state index contributed by atoms with van der Waals surface area (Å²) in [4.78, 5) is 48.4. The Labute approximate surface area is 164 Å². The van der Waals surface area contributed by atoms with E-state index in [1.165, 1.54) is 0 Å². The van der Waals surface area contributed by atoms with Crippen molar-refractivity contribution in [3.8, 4) is 0 Å². The van der Waals surface area contributed by atoms with Gasteiger partial charge >= 0.3 is 5.97 Å². The van der Waals surface area contributed by atoms with Crippen LogP contribution in [0.5, 0.6) is 0 Å². The fourth-order valence-electron chi connectivity index (χ4n) is 4.01. The fourth-order valence-corrected chi connectivity index (χ4v) is 4.01. The van der Waals surface area contributed by atoms with Crippen LogP contribution in [-0.4, -0.2) is 39.7 Å². The van der Waals surface area contributed by atoms with Crippen molar-refractivity contribution in [2.75, 3.05) is 0 Å². The number of benzene rings is 1. The minimum absolute atomic E-state index is 0.139. The molecule has 2 heterocycles. The summed E-state index contributed by atoms with van der Waals surface area (Å²) >= 11 is 0. The molecule has 0 bridgehead atoms. The highest BCUT2D eigenvalue weighted by atomic mass is 16.4. The van der Waals surface area contributed by atoms with Gasteiger partial charge in [0.05, 0.1) is 0 Å². The van der Waals surface area contributed by atoms with Crippen LogP contribution < -0.4 is 5.32 Å². The van der Waals surface area contributed by atoms with Gasteiger partial charge in [0.25, 0.3) is 5.91 Å². The van der Waals surface area contributed by atoms with Crippen molar-refractivity contribution in [3.05, 3.63) is 34.9 Å². The van der Waals surface area contributed by atoms with Crippen molar-refractivity contribution >= 4 is 23.7 Å². The quantitative estimate of drug-likeness (QED) is 0.501. The van der Waals surface area contributed by atoms with E-state index < -0.39 is 12.0 Å². The van der Waals surface area contributed by atoms with Gasteiger partial charge in [0, 0.05) is 24.9 Å². The molecule has 2 aliphatic rings. The van der Waals surface area contributed by atoms with Crippen LogP contribution in [0, 0.1) is 0 Å². The summed E-state index contributed by atoms with van der Waals surface area (Å²) in [6.07, 6.45) is 6.35.